The number of amides is 2. The first-order valence-corrected chi connectivity index (χ1v) is 21.2. The zero-order valence-corrected chi connectivity index (χ0v) is 35.2. The van der Waals surface area contributed by atoms with Gasteiger partial charge in [-0.3, -0.25) is 19.3 Å². The standard InChI is InChI=1S/C44H68N6O7/c1-8-10-33(26-49-14-17-56-18-15-49)46-42(53)31-19-30(20-34(21-31)48(6)13-16-51)35-12-9-11-29(41(35)55-7)25-50-40(39(28(3)52)38(24-45)57-50)43(54)47-37-23-32-22-36(27(37)2)44(32,4)5/h9,11-12,19-21,27-28,32-33,36-40,51-52H,8,10,13-18,22-26,45H2,1-7H3,(H,46,53)(H,47,54)/t27-,28-,32+,33-,36-,37-,38-,39+,40-/m0/s1. The van der Waals surface area contributed by atoms with E-state index in [1.54, 1.807) is 19.1 Å². The van der Waals surface area contributed by atoms with E-state index in [2.05, 4.69) is 43.2 Å². The molecular formula is C44H68N6O7. The molecule has 2 bridgehead atoms. The van der Waals surface area contributed by atoms with Crippen molar-refractivity contribution >= 4 is 17.5 Å². The lowest BCUT2D eigenvalue weighted by Crippen LogP contribution is -2.62. The number of hydroxylamine groups is 2. The smallest absolute Gasteiger partial charge is 0.251 e. The van der Waals surface area contributed by atoms with E-state index < -0.39 is 24.2 Å². The number of aliphatic hydroxyl groups excluding tert-OH is 2. The van der Waals surface area contributed by atoms with Gasteiger partial charge in [0.25, 0.3) is 5.91 Å². The highest BCUT2D eigenvalue weighted by Gasteiger charge is 2.57. The lowest BCUT2D eigenvalue weighted by atomic mass is 9.45. The maximum atomic E-state index is 14.4. The van der Waals surface area contributed by atoms with Crippen molar-refractivity contribution in [3.8, 4) is 16.9 Å². The van der Waals surface area contributed by atoms with Crippen LogP contribution < -0.4 is 26.0 Å². The van der Waals surface area contributed by atoms with Gasteiger partial charge < -0.3 is 41.0 Å². The SMILES string of the molecule is CCC[C@@H](CN1CCOCC1)NC(=O)c1cc(-c2cccc(CN3O[C@@H](CN)[C@@H]([C@H](C)O)[C@H]3C(=O)N[C@H]3C[C@H]4C[C@@H]([C@@H]3C)C4(C)C)c2OC)cc(N(C)CCO)c1. The fourth-order valence-corrected chi connectivity index (χ4v) is 10.2. The van der Waals surface area contributed by atoms with Crippen LogP contribution in [0.5, 0.6) is 5.75 Å². The summed E-state index contributed by atoms with van der Waals surface area (Å²) >= 11 is 0. The Morgan fingerprint density at radius 3 is 2.54 bits per heavy atom. The van der Waals surface area contributed by atoms with Gasteiger partial charge in [0.1, 0.15) is 11.8 Å². The van der Waals surface area contributed by atoms with E-state index in [4.69, 9.17) is 20.0 Å². The van der Waals surface area contributed by atoms with Gasteiger partial charge in [-0.1, -0.05) is 52.3 Å². The van der Waals surface area contributed by atoms with Crippen LogP contribution in [-0.2, 0) is 20.9 Å². The number of anilines is 1. The molecule has 5 aliphatic rings. The van der Waals surface area contributed by atoms with E-state index in [1.165, 1.54) is 6.42 Å². The van der Waals surface area contributed by atoms with Crippen molar-refractivity contribution in [3.05, 3.63) is 47.5 Å². The van der Waals surface area contributed by atoms with Gasteiger partial charge in [0.05, 0.1) is 45.7 Å². The molecule has 13 heteroatoms. The molecule has 6 N–H and O–H groups in total. The highest BCUT2D eigenvalue weighted by Crippen LogP contribution is 2.61. The Labute approximate surface area is 339 Å². The average Bonchev–Trinajstić information content (AvgIpc) is 3.57. The topological polar surface area (TPSA) is 162 Å². The van der Waals surface area contributed by atoms with Gasteiger partial charge in [0.15, 0.2) is 0 Å². The van der Waals surface area contributed by atoms with E-state index in [0.29, 0.717) is 48.8 Å². The van der Waals surface area contributed by atoms with Crippen LogP contribution in [0.2, 0.25) is 0 Å². The average molecular weight is 793 g/mol. The number of ether oxygens (including phenoxy) is 2. The van der Waals surface area contributed by atoms with Crippen molar-refractivity contribution in [3.63, 3.8) is 0 Å². The predicted molar refractivity (Wildman–Crippen MR) is 222 cm³/mol. The Kier molecular flexibility index (Phi) is 14.2. The molecular weight excluding hydrogens is 725 g/mol. The zero-order chi connectivity index (χ0) is 41.0. The second-order valence-corrected chi connectivity index (χ2v) is 17.6. The molecule has 2 heterocycles. The number of likely N-dealkylation sites (N-methyl/N-ethyl adjacent to an activating group) is 1. The van der Waals surface area contributed by atoms with Gasteiger partial charge in [-0.05, 0) is 73.1 Å². The zero-order valence-electron chi connectivity index (χ0n) is 35.2. The summed E-state index contributed by atoms with van der Waals surface area (Å²) in [5.74, 6) is 1.22. The minimum Gasteiger partial charge on any atom is -0.496 e. The van der Waals surface area contributed by atoms with Crippen molar-refractivity contribution in [1.29, 1.82) is 0 Å². The molecule has 2 amide bonds. The summed E-state index contributed by atoms with van der Waals surface area (Å²) < 4.78 is 11.7. The Hall–Kier alpha value is -3.30. The van der Waals surface area contributed by atoms with E-state index in [1.807, 2.05) is 48.3 Å². The maximum absolute atomic E-state index is 14.4. The predicted octanol–water partition coefficient (Wildman–Crippen LogP) is 3.65. The summed E-state index contributed by atoms with van der Waals surface area (Å²) in [6, 6.07) is 10.9. The number of carbonyl (C=O) groups is 2. The number of carbonyl (C=O) groups excluding carboxylic acids is 2. The van der Waals surface area contributed by atoms with Crippen LogP contribution in [0.1, 0.15) is 76.2 Å². The highest BCUT2D eigenvalue weighted by atomic mass is 16.7. The molecule has 7 rings (SSSR count). The number of benzene rings is 2. The number of nitrogens with one attached hydrogen (secondary N) is 2. The van der Waals surface area contributed by atoms with Crippen molar-refractivity contribution < 1.29 is 34.1 Å². The fraction of sp³-hybridized carbons (Fsp3) is 0.682. The monoisotopic (exact) mass is 793 g/mol. The molecule has 57 heavy (non-hydrogen) atoms. The number of aliphatic hydroxyl groups is 2. The van der Waals surface area contributed by atoms with Crippen molar-refractivity contribution in [2.24, 2.45) is 34.8 Å². The molecule has 2 saturated heterocycles. The van der Waals surface area contributed by atoms with Crippen LogP contribution in [0.4, 0.5) is 5.69 Å². The molecule has 3 saturated carbocycles. The van der Waals surface area contributed by atoms with Crippen LogP contribution in [0.25, 0.3) is 11.1 Å². The number of hydrogen-bond donors (Lipinski definition) is 5. The molecule has 13 nitrogen and oxygen atoms in total. The van der Waals surface area contributed by atoms with Crippen molar-refractivity contribution in [2.75, 3.05) is 71.6 Å². The van der Waals surface area contributed by atoms with E-state index in [0.717, 1.165) is 61.3 Å². The fourth-order valence-electron chi connectivity index (χ4n) is 10.2. The number of para-hydroxylation sites is 1. The quantitative estimate of drug-likeness (QED) is 0.159. The molecule has 5 fully saturated rings. The number of methoxy groups -OCH3 is 1. The third-order valence-corrected chi connectivity index (χ3v) is 13.7. The van der Waals surface area contributed by atoms with E-state index >= 15 is 0 Å². The first-order valence-electron chi connectivity index (χ1n) is 21.2. The summed E-state index contributed by atoms with van der Waals surface area (Å²) in [6.07, 6.45) is 2.56. The van der Waals surface area contributed by atoms with Crippen LogP contribution in [0.15, 0.2) is 36.4 Å². The van der Waals surface area contributed by atoms with Crippen LogP contribution >= 0.6 is 0 Å². The summed E-state index contributed by atoms with van der Waals surface area (Å²) in [4.78, 5) is 39.1. The summed E-state index contributed by atoms with van der Waals surface area (Å²) in [7, 11) is 3.51. The summed E-state index contributed by atoms with van der Waals surface area (Å²) in [5.41, 5.74) is 10.1. The molecule has 0 radical (unpaired) electrons. The van der Waals surface area contributed by atoms with E-state index in [9.17, 15) is 19.8 Å². The van der Waals surface area contributed by atoms with Gasteiger partial charge in [0, 0.05) is 80.2 Å². The molecule has 316 valence electrons. The van der Waals surface area contributed by atoms with Gasteiger partial charge in [-0.25, -0.2) is 0 Å². The van der Waals surface area contributed by atoms with Crippen LogP contribution in [-0.4, -0.2) is 129 Å². The van der Waals surface area contributed by atoms with Crippen LogP contribution in [0, 0.1) is 29.1 Å². The number of hydrogen-bond acceptors (Lipinski definition) is 11. The number of nitrogens with two attached hydrogens (primary N) is 1. The largest absolute Gasteiger partial charge is 0.496 e. The number of fused-ring (bicyclic) bond motifs is 2. The maximum Gasteiger partial charge on any atom is 0.251 e. The van der Waals surface area contributed by atoms with Gasteiger partial charge in [-0.2, -0.15) is 5.06 Å². The molecule has 0 aromatic heterocycles. The van der Waals surface area contributed by atoms with Gasteiger partial charge in [-0.15, -0.1) is 0 Å². The second kappa shape index (κ2) is 18.7. The van der Waals surface area contributed by atoms with E-state index in [-0.39, 0.29) is 49.0 Å². The molecule has 0 unspecified atom stereocenters. The van der Waals surface area contributed by atoms with Gasteiger partial charge in [0.2, 0.25) is 5.91 Å². The first-order chi connectivity index (χ1) is 27.3. The Morgan fingerprint density at radius 1 is 1.16 bits per heavy atom. The molecule has 9 atom stereocenters. The Bertz CT molecular complexity index is 1680. The third kappa shape index (κ3) is 9.30. The minimum absolute atomic E-state index is 0.0204. The van der Waals surface area contributed by atoms with Gasteiger partial charge >= 0.3 is 0 Å². The molecule has 2 aromatic rings. The summed E-state index contributed by atoms with van der Waals surface area (Å²) in [6.45, 7) is 15.3. The summed E-state index contributed by atoms with van der Waals surface area (Å²) in [5, 5.41) is 29.2. The molecule has 2 aromatic carbocycles. The normalized spacial score (nSPS) is 28.3. The molecule has 0 spiro atoms. The van der Waals surface area contributed by atoms with Crippen molar-refractivity contribution in [2.45, 2.75) is 97.2 Å². The number of rotatable bonds is 17. The highest BCUT2D eigenvalue weighted by molar-refractivity contribution is 5.97. The Balaban J connectivity index is 1.29. The third-order valence-electron chi connectivity index (χ3n) is 13.7. The first kappa shape index (κ1) is 43.3. The molecule has 2 aliphatic heterocycles. The minimum atomic E-state index is -0.836. The van der Waals surface area contributed by atoms with Crippen molar-refractivity contribution in [1.82, 2.24) is 20.6 Å². The lowest BCUT2D eigenvalue weighted by molar-refractivity contribution is -0.175. The van der Waals surface area contributed by atoms with Crippen LogP contribution in [0.3, 0.4) is 0 Å². The Morgan fingerprint density at radius 2 is 1.91 bits per heavy atom. The second-order valence-electron chi connectivity index (χ2n) is 17.6. The number of nitrogens with zero attached hydrogens (tertiary/aromatic N) is 3. The lowest BCUT2D eigenvalue weighted by Gasteiger charge is -2.62. The molecule has 3 aliphatic carbocycles. The number of morpholine rings is 1.